The average Bonchev–Trinajstić information content (AvgIpc) is 3.06. The molecular weight excluding hydrogens is 296 g/mol. The van der Waals surface area contributed by atoms with Crippen LogP contribution in [0.3, 0.4) is 0 Å². The first-order valence-electron chi connectivity index (χ1n) is 6.95. The first-order valence-corrected chi connectivity index (χ1v) is 7.77. The Kier molecular flexibility index (Phi) is 3.81. The summed E-state index contributed by atoms with van der Waals surface area (Å²) < 4.78 is 5.32. The molecule has 0 bridgehead atoms. The quantitative estimate of drug-likeness (QED) is 0.770. The van der Waals surface area contributed by atoms with Crippen LogP contribution in [0.15, 0.2) is 40.8 Å². The van der Waals surface area contributed by atoms with Crippen LogP contribution in [-0.4, -0.2) is 10.9 Å². The number of rotatable bonds is 3. The Labute approximate surface area is 132 Å². The smallest absolute Gasteiger partial charge is 0.293 e. The van der Waals surface area contributed by atoms with Gasteiger partial charge in [0.1, 0.15) is 5.76 Å². The number of hydrogen-bond acceptors (Lipinski definition) is 4. The second-order valence-corrected chi connectivity index (χ2v) is 6.36. The van der Waals surface area contributed by atoms with Gasteiger partial charge in [-0.3, -0.25) is 10.1 Å². The molecule has 0 unspecified atom stereocenters. The Bertz CT molecular complexity index is 816. The fraction of sp³-hybridized carbons (Fsp3) is 0.176. The number of amides is 1. The Morgan fingerprint density at radius 3 is 2.45 bits per heavy atom. The highest BCUT2D eigenvalue weighted by atomic mass is 32.1. The predicted molar refractivity (Wildman–Crippen MR) is 88.4 cm³/mol. The zero-order valence-electron chi connectivity index (χ0n) is 12.6. The number of nitrogens with zero attached hydrogens (tertiary/aromatic N) is 1. The third kappa shape index (κ3) is 2.94. The highest BCUT2D eigenvalue weighted by molar-refractivity contribution is 7.16. The first kappa shape index (κ1) is 14.5. The number of thiazole rings is 1. The maximum Gasteiger partial charge on any atom is 0.293 e. The molecule has 0 radical (unpaired) electrons. The molecule has 22 heavy (non-hydrogen) atoms. The number of benzene rings is 1. The minimum atomic E-state index is -0.280. The number of carbonyl (C=O) groups is 1. The normalized spacial score (nSPS) is 10.7. The van der Waals surface area contributed by atoms with Crippen LogP contribution in [-0.2, 0) is 0 Å². The standard InChI is InChI=1S/C17H16N2O2S/c1-10-4-7-13(8-5-10)15-12(3)22-17(18-15)19-16(20)14-9-6-11(2)21-14/h4-9H,1-3H3,(H,18,19,20). The summed E-state index contributed by atoms with van der Waals surface area (Å²) in [5.41, 5.74) is 3.16. The van der Waals surface area contributed by atoms with Crippen LogP contribution in [0.25, 0.3) is 11.3 Å². The van der Waals surface area contributed by atoms with Crippen molar-refractivity contribution in [3.63, 3.8) is 0 Å². The lowest BCUT2D eigenvalue weighted by molar-refractivity contribution is 0.0995. The van der Waals surface area contributed by atoms with E-state index in [0.29, 0.717) is 16.7 Å². The van der Waals surface area contributed by atoms with Gasteiger partial charge in [0.2, 0.25) is 0 Å². The Hall–Kier alpha value is -2.40. The fourth-order valence-corrected chi connectivity index (χ4v) is 2.98. The summed E-state index contributed by atoms with van der Waals surface area (Å²) in [7, 11) is 0. The molecule has 0 saturated carbocycles. The molecule has 2 aromatic heterocycles. The Morgan fingerprint density at radius 1 is 1.09 bits per heavy atom. The van der Waals surface area contributed by atoms with Crippen molar-refractivity contribution in [3.8, 4) is 11.3 Å². The van der Waals surface area contributed by atoms with E-state index in [1.54, 1.807) is 19.1 Å². The van der Waals surface area contributed by atoms with Crippen LogP contribution >= 0.6 is 11.3 Å². The van der Waals surface area contributed by atoms with Gasteiger partial charge in [0.05, 0.1) is 5.69 Å². The van der Waals surface area contributed by atoms with Crippen molar-refractivity contribution in [1.29, 1.82) is 0 Å². The summed E-state index contributed by atoms with van der Waals surface area (Å²) in [5, 5.41) is 3.36. The van der Waals surface area contributed by atoms with E-state index in [2.05, 4.69) is 29.4 Å². The summed E-state index contributed by atoms with van der Waals surface area (Å²) in [6.07, 6.45) is 0. The molecule has 0 aliphatic heterocycles. The van der Waals surface area contributed by atoms with E-state index in [-0.39, 0.29) is 5.91 Å². The number of furan rings is 1. The molecule has 2 heterocycles. The number of nitrogens with one attached hydrogen (secondary N) is 1. The number of hydrogen-bond donors (Lipinski definition) is 1. The highest BCUT2D eigenvalue weighted by Gasteiger charge is 2.15. The van der Waals surface area contributed by atoms with E-state index in [9.17, 15) is 4.79 Å². The SMILES string of the molecule is Cc1ccc(-c2nc(NC(=O)c3ccc(C)o3)sc2C)cc1. The van der Waals surface area contributed by atoms with Crippen molar-refractivity contribution < 1.29 is 9.21 Å². The van der Waals surface area contributed by atoms with Gasteiger partial charge in [-0.15, -0.1) is 11.3 Å². The van der Waals surface area contributed by atoms with E-state index in [4.69, 9.17) is 4.42 Å². The van der Waals surface area contributed by atoms with Crippen LogP contribution in [0.5, 0.6) is 0 Å². The zero-order valence-corrected chi connectivity index (χ0v) is 13.5. The van der Waals surface area contributed by atoms with Crippen molar-refractivity contribution >= 4 is 22.4 Å². The van der Waals surface area contributed by atoms with Crippen LogP contribution in [0.1, 0.15) is 26.8 Å². The van der Waals surface area contributed by atoms with Gasteiger partial charge in [-0.1, -0.05) is 29.8 Å². The summed E-state index contributed by atoms with van der Waals surface area (Å²) in [6.45, 7) is 5.86. The molecule has 0 fully saturated rings. The molecule has 3 aromatic rings. The van der Waals surface area contributed by atoms with Gasteiger partial charge in [0.15, 0.2) is 10.9 Å². The van der Waals surface area contributed by atoms with Crippen LogP contribution in [0, 0.1) is 20.8 Å². The minimum absolute atomic E-state index is 0.280. The van der Waals surface area contributed by atoms with Gasteiger partial charge >= 0.3 is 0 Å². The maximum atomic E-state index is 12.1. The minimum Gasteiger partial charge on any atom is -0.456 e. The van der Waals surface area contributed by atoms with Gasteiger partial charge in [0.25, 0.3) is 5.91 Å². The molecular formula is C17H16N2O2S. The van der Waals surface area contributed by atoms with Crippen molar-refractivity contribution in [2.24, 2.45) is 0 Å². The average molecular weight is 312 g/mol. The molecule has 5 heteroatoms. The predicted octanol–water partition coefficient (Wildman–Crippen LogP) is 4.58. The van der Waals surface area contributed by atoms with Gasteiger partial charge in [-0.05, 0) is 32.9 Å². The molecule has 0 atom stereocenters. The van der Waals surface area contributed by atoms with Gasteiger partial charge < -0.3 is 4.42 Å². The van der Waals surface area contributed by atoms with E-state index in [1.165, 1.54) is 16.9 Å². The lowest BCUT2D eigenvalue weighted by atomic mass is 10.1. The molecule has 1 amide bonds. The Morgan fingerprint density at radius 2 is 1.82 bits per heavy atom. The van der Waals surface area contributed by atoms with E-state index in [0.717, 1.165) is 16.1 Å². The largest absolute Gasteiger partial charge is 0.456 e. The second-order valence-electron chi connectivity index (χ2n) is 5.15. The molecule has 0 aliphatic rings. The van der Waals surface area contributed by atoms with Crippen molar-refractivity contribution in [1.82, 2.24) is 4.98 Å². The molecule has 0 aliphatic carbocycles. The van der Waals surface area contributed by atoms with E-state index in [1.807, 2.05) is 19.1 Å². The summed E-state index contributed by atoms with van der Waals surface area (Å²) in [5.74, 6) is 0.723. The zero-order chi connectivity index (χ0) is 15.7. The van der Waals surface area contributed by atoms with Crippen LogP contribution in [0.2, 0.25) is 0 Å². The third-order valence-corrected chi connectivity index (χ3v) is 4.19. The topological polar surface area (TPSA) is 55.1 Å². The molecule has 1 N–H and O–H groups in total. The molecule has 4 nitrogen and oxygen atoms in total. The Balaban J connectivity index is 1.83. The summed E-state index contributed by atoms with van der Waals surface area (Å²) in [6, 6.07) is 11.6. The van der Waals surface area contributed by atoms with Crippen LogP contribution < -0.4 is 5.32 Å². The van der Waals surface area contributed by atoms with E-state index < -0.39 is 0 Å². The maximum absolute atomic E-state index is 12.1. The first-order chi connectivity index (χ1) is 10.5. The number of aromatic nitrogens is 1. The van der Waals surface area contributed by atoms with Gasteiger partial charge in [-0.2, -0.15) is 0 Å². The second kappa shape index (κ2) is 5.77. The highest BCUT2D eigenvalue weighted by Crippen LogP contribution is 2.30. The van der Waals surface area contributed by atoms with Crippen LogP contribution in [0.4, 0.5) is 5.13 Å². The molecule has 112 valence electrons. The lowest BCUT2D eigenvalue weighted by Gasteiger charge is -1.99. The molecule has 3 rings (SSSR count). The number of carbonyl (C=O) groups excluding carboxylic acids is 1. The lowest BCUT2D eigenvalue weighted by Crippen LogP contribution is -2.10. The van der Waals surface area contributed by atoms with E-state index >= 15 is 0 Å². The molecule has 0 saturated heterocycles. The fourth-order valence-electron chi connectivity index (χ4n) is 2.14. The summed E-state index contributed by atoms with van der Waals surface area (Å²) >= 11 is 1.46. The van der Waals surface area contributed by atoms with Crippen molar-refractivity contribution in [2.45, 2.75) is 20.8 Å². The van der Waals surface area contributed by atoms with Crippen molar-refractivity contribution in [3.05, 3.63) is 58.4 Å². The van der Waals surface area contributed by atoms with Gasteiger partial charge in [-0.25, -0.2) is 4.98 Å². The number of anilines is 1. The summed E-state index contributed by atoms with van der Waals surface area (Å²) in [4.78, 5) is 17.7. The monoisotopic (exact) mass is 312 g/mol. The third-order valence-electron chi connectivity index (χ3n) is 3.31. The molecule has 0 spiro atoms. The van der Waals surface area contributed by atoms with Crippen molar-refractivity contribution in [2.75, 3.05) is 5.32 Å². The van der Waals surface area contributed by atoms with Gasteiger partial charge in [0, 0.05) is 10.4 Å². The molecule has 1 aromatic carbocycles. The number of aryl methyl sites for hydroxylation is 3.